The van der Waals surface area contributed by atoms with Crippen LogP contribution in [0.4, 0.5) is 0 Å². The Hall–Kier alpha value is -1.55. The van der Waals surface area contributed by atoms with Gasteiger partial charge in [-0.25, -0.2) is 4.98 Å². The van der Waals surface area contributed by atoms with Crippen LogP contribution in [0, 0.1) is 0 Å². The van der Waals surface area contributed by atoms with Crippen molar-refractivity contribution in [2.45, 2.75) is 39.7 Å². The zero-order chi connectivity index (χ0) is 14.9. The monoisotopic (exact) mass is 294 g/mol. The minimum Gasteiger partial charge on any atom is -0.465 e. The van der Waals surface area contributed by atoms with E-state index in [1.54, 1.807) is 6.92 Å². The van der Waals surface area contributed by atoms with Gasteiger partial charge in [0.05, 0.1) is 22.7 Å². The molecule has 0 saturated heterocycles. The van der Waals surface area contributed by atoms with Gasteiger partial charge in [-0.15, -0.1) is 0 Å². The van der Waals surface area contributed by atoms with E-state index in [0.717, 1.165) is 11.0 Å². The molecule has 4 nitrogen and oxygen atoms in total. The third kappa shape index (κ3) is 2.29. The predicted molar refractivity (Wildman–Crippen MR) is 80.1 cm³/mol. The molecule has 108 valence electrons. The molecule has 0 fully saturated rings. The van der Waals surface area contributed by atoms with Crippen LogP contribution >= 0.6 is 11.6 Å². The summed E-state index contributed by atoms with van der Waals surface area (Å²) < 4.78 is 7.14. The molecule has 0 spiro atoms. The number of para-hydroxylation sites is 1. The highest BCUT2D eigenvalue weighted by molar-refractivity contribution is 6.35. The highest BCUT2D eigenvalue weighted by Crippen LogP contribution is 2.31. The number of benzene rings is 1. The molecule has 20 heavy (non-hydrogen) atoms. The molecular weight excluding hydrogens is 276 g/mol. The molecule has 2 aromatic rings. The van der Waals surface area contributed by atoms with Crippen molar-refractivity contribution in [2.75, 3.05) is 6.61 Å². The summed E-state index contributed by atoms with van der Waals surface area (Å²) in [4.78, 5) is 16.8. The van der Waals surface area contributed by atoms with E-state index in [1.165, 1.54) is 0 Å². The van der Waals surface area contributed by atoms with Crippen molar-refractivity contribution in [1.29, 1.82) is 0 Å². The largest absolute Gasteiger partial charge is 0.465 e. The van der Waals surface area contributed by atoms with Gasteiger partial charge in [-0.2, -0.15) is 0 Å². The first-order chi connectivity index (χ1) is 9.43. The molecular formula is C15H19ClN2O2. The van der Waals surface area contributed by atoms with Gasteiger partial charge in [0.15, 0.2) is 0 Å². The Balaban J connectivity index is 2.65. The fourth-order valence-electron chi connectivity index (χ4n) is 2.33. The molecule has 1 aromatic heterocycles. The number of fused-ring (bicyclic) bond motifs is 1. The Kier molecular flexibility index (Phi) is 4.04. The molecule has 0 radical (unpaired) electrons. The minimum atomic E-state index is -0.811. The van der Waals surface area contributed by atoms with Crippen LogP contribution in [0.1, 0.15) is 33.5 Å². The van der Waals surface area contributed by atoms with E-state index in [9.17, 15) is 4.79 Å². The van der Waals surface area contributed by atoms with Gasteiger partial charge in [-0.1, -0.05) is 17.7 Å². The molecule has 2 rings (SSSR count). The molecule has 1 aromatic carbocycles. The van der Waals surface area contributed by atoms with E-state index >= 15 is 0 Å². The summed E-state index contributed by atoms with van der Waals surface area (Å²) >= 11 is 6.27. The highest BCUT2D eigenvalue weighted by atomic mass is 35.5. The smallest absolute Gasteiger partial charge is 0.319 e. The Morgan fingerprint density at radius 3 is 2.70 bits per heavy atom. The third-order valence-corrected chi connectivity index (χ3v) is 3.68. The van der Waals surface area contributed by atoms with Crippen LogP contribution in [0.15, 0.2) is 18.2 Å². The second kappa shape index (κ2) is 5.44. The average molecular weight is 295 g/mol. The molecule has 1 heterocycles. The zero-order valence-electron chi connectivity index (χ0n) is 12.2. The molecule has 0 aliphatic heterocycles. The Bertz CT molecular complexity index is 647. The van der Waals surface area contributed by atoms with Crippen LogP contribution in [-0.2, 0) is 21.5 Å². The number of halogens is 1. The number of nitrogens with zero attached hydrogens (tertiary/aromatic N) is 2. The van der Waals surface area contributed by atoms with Gasteiger partial charge < -0.3 is 9.30 Å². The van der Waals surface area contributed by atoms with Crippen molar-refractivity contribution in [2.24, 2.45) is 0 Å². The molecule has 0 unspecified atom stereocenters. The van der Waals surface area contributed by atoms with Crippen molar-refractivity contribution in [3.63, 3.8) is 0 Å². The molecule has 0 bridgehead atoms. The van der Waals surface area contributed by atoms with E-state index in [1.807, 2.05) is 43.5 Å². The summed E-state index contributed by atoms with van der Waals surface area (Å²) in [6, 6.07) is 5.59. The normalized spacial score (nSPS) is 11.8. The Labute approximate surface area is 123 Å². The highest BCUT2D eigenvalue weighted by Gasteiger charge is 2.36. The van der Waals surface area contributed by atoms with Crippen molar-refractivity contribution in [1.82, 2.24) is 9.55 Å². The number of carbonyl (C=O) groups is 1. The van der Waals surface area contributed by atoms with Crippen LogP contribution in [0.5, 0.6) is 0 Å². The maximum Gasteiger partial charge on any atom is 0.319 e. The Morgan fingerprint density at radius 2 is 2.10 bits per heavy atom. The van der Waals surface area contributed by atoms with Gasteiger partial charge in [-0.05, 0) is 39.8 Å². The van der Waals surface area contributed by atoms with Crippen molar-refractivity contribution in [3.05, 3.63) is 29.0 Å². The maximum atomic E-state index is 12.2. The summed E-state index contributed by atoms with van der Waals surface area (Å²) in [5.41, 5.74) is 0.852. The van der Waals surface area contributed by atoms with Crippen molar-refractivity contribution >= 4 is 28.6 Å². The fourth-order valence-corrected chi connectivity index (χ4v) is 2.60. The van der Waals surface area contributed by atoms with Gasteiger partial charge in [0.25, 0.3) is 0 Å². The van der Waals surface area contributed by atoms with Crippen LogP contribution < -0.4 is 0 Å². The second-order valence-corrected chi connectivity index (χ2v) is 5.54. The molecule has 0 saturated carbocycles. The summed E-state index contributed by atoms with van der Waals surface area (Å²) in [6.45, 7) is 8.51. The van der Waals surface area contributed by atoms with Gasteiger partial charge in [-0.3, -0.25) is 4.79 Å². The number of imidazole rings is 1. The number of hydrogen-bond donors (Lipinski definition) is 0. The van der Waals surface area contributed by atoms with Crippen molar-refractivity contribution < 1.29 is 9.53 Å². The lowest BCUT2D eigenvalue weighted by molar-refractivity contribution is -0.149. The average Bonchev–Trinajstić information content (AvgIpc) is 2.79. The first kappa shape index (κ1) is 14.9. The number of aromatic nitrogens is 2. The quantitative estimate of drug-likeness (QED) is 0.810. The van der Waals surface area contributed by atoms with E-state index in [2.05, 4.69) is 4.98 Å². The topological polar surface area (TPSA) is 44.1 Å². The SMILES string of the molecule is CCOC(=O)C(C)(C)c1nc2cccc(Cl)c2n1CC. The van der Waals surface area contributed by atoms with Crippen LogP contribution in [0.3, 0.4) is 0 Å². The fraction of sp³-hybridized carbons (Fsp3) is 0.467. The van der Waals surface area contributed by atoms with Gasteiger partial charge >= 0.3 is 5.97 Å². The lowest BCUT2D eigenvalue weighted by Crippen LogP contribution is -2.34. The van der Waals surface area contributed by atoms with E-state index in [-0.39, 0.29) is 5.97 Å². The number of aryl methyl sites for hydroxylation is 1. The minimum absolute atomic E-state index is 0.277. The molecule has 5 heteroatoms. The van der Waals surface area contributed by atoms with E-state index in [4.69, 9.17) is 16.3 Å². The number of esters is 1. The second-order valence-electron chi connectivity index (χ2n) is 5.13. The lowest BCUT2D eigenvalue weighted by atomic mass is 9.92. The number of ether oxygens (including phenoxy) is 1. The molecule has 0 N–H and O–H groups in total. The third-order valence-electron chi connectivity index (χ3n) is 3.38. The predicted octanol–water partition coefficient (Wildman–Crippen LogP) is 3.55. The standard InChI is InChI=1S/C15H19ClN2O2/c1-5-18-12-10(16)8-7-9-11(12)17-13(18)15(3,4)14(19)20-6-2/h7-9H,5-6H2,1-4H3. The molecule has 0 aliphatic carbocycles. The number of carbonyl (C=O) groups excluding carboxylic acids is 1. The van der Waals surface area contributed by atoms with Crippen LogP contribution in [0.2, 0.25) is 5.02 Å². The van der Waals surface area contributed by atoms with Gasteiger partial charge in [0, 0.05) is 6.54 Å². The number of hydrogen-bond acceptors (Lipinski definition) is 3. The molecule has 0 aliphatic rings. The lowest BCUT2D eigenvalue weighted by Gasteiger charge is -2.22. The molecule has 0 amide bonds. The van der Waals surface area contributed by atoms with Gasteiger partial charge in [0.2, 0.25) is 0 Å². The summed E-state index contributed by atoms with van der Waals surface area (Å²) in [5, 5.41) is 0.641. The van der Waals surface area contributed by atoms with Gasteiger partial charge in [0.1, 0.15) is 11.2 Å². The first-order valence-electron chi connectivity index (χ1n) is 6.75. The summed E-state index contributed by atoms with van der Waals surface area (Å²) in [6.07, 6.45) is 0. The van der Waals surface area contributed by atoms with E-state index in [0.29, 0.717) is 24.0 Å². The summed E-state index contributed by atoms with van der Waals surface area (Å²) in [5.74, 6) is 0.405. The molecule has 0 atom stereocenters. The van der Waals surface area contributed by atoms with Crippen LogP contribution in [0.25, 0.3) is 11.0 Å². The van der Waals surface area contributed by atoms with Crippen molar-refractivity contribution in [3.8, 4) is 0 Å². The first-order valence-corrected chi connectivity index (χ1v) is 7.13. The number of rotatable bonds is 4. The zero-order valence-corrected chi connectivity index (χ0v) is 13.0. The Morgan fingerprint density at radius 1 is 1.40 bits per heavy atom. The van der Waals surface area contributed by atoms with E-state index < -0.39 is 5.41 Å². The maximum absolute atomic E-state index is 12.2. The summed E-state index contributed by atoms with van der Waals surface area (Å²) in [7, 11) is 0. The van der Waals surface area contributed by atoms with Crippen LogP contribution in [-0.4, -0.2) is 22.1 Å².